The molecule has 2 heterocycles. The lowest BCUT2D eigenvalue weighted by Crippen LogP contribution is -2.21. The molecule has 3 heteroatoms. The average molecular weight is 291 g/mol. The molecular weight excluding hydrogens is 270 g/mol. The maximum atomic E-state index is 3.73. The molecule has 0 spiro atoms. The van der Waals surface area contributed by atoms with E-state index in [0.717, 1.165) is 0 Å². The largest absolute Gasteiger partial charge is 0.302 e. The zero-order valence-corrected chi connectivity index (χ0v) is 13.2. The van der Waals surface area contributed by atoms with Gasteiger partial charge in [0.05, 0.1) is 0 Å². The van der Waals surface area contributed by atoms with Gasteiger partial charge in [-0.05, 0) is 62.6 Å². The van der Waals surface area contributed by atoms with Crippen molar-refractivity contribution in [3.8, 4) is 0 Å². The van der Waals surface area contributed by atoms with Gasteiger partial charge in [-0.15, -0.1) is 22.7 Å². The second-order valence-electron chi connectivity index (χ2n) is 5.43. The molecule has 0 saturated heterocycles. The van der Waals surface area contributed by atoms with Gasteiger partial charge in [0.15, 0.2) is 0 Å². The first-order valence-electron chi connectivity index (χ1n) is 7.15. The molecule has 0 radical (unpaired) electrons. The summed E-state index contributed by atoms with van der Waals surface area (Å²) in [6, 6.07) is 7.68. The van der Waals surface area contributed by atoms with Crippen molar-refractivity contribution in [2.24, 2.45) is 0 Å². The van der Waals surface area contributed by atoms with Gasteiger partial charge in [-0.2, -0.15) is 0 Å². The predicted octanol–water partition coefficient (Wildman–Crippen LogP) is 5.10. The highest BCUT2D eigenvalue weighted by Crippen LogP contribution is 2.33. The number of aryl methyl sites for hydroxylation is 2. The van der Waals surface area contributed by atoms with Gasteiger partial charge in [-0.1, -0.05) is 6.07 Å². The van der Waals surface area contributed by atoms with Crippen LogP contribution >= 0.6 is 22.7 Å². The summed E-state index contributed by atoms with van der Waals surface area (Å²) in [7, 11) is 0. The quantitative estimate of drug-likeness (QED) is 0.826. The summed E-state index contributed by atoms with van der Waals surface area (Å²) >= 11 is 3.86. The lowest BCUT2D eigenvalue weighted by Gasteiger charge is -2.18. The summed E-state index contributed by atoms with van der Waals surface area (Å²) in [6.07, 6.45) is 5.34. The Hall–Kier alpha value is -0.640. The van der Waals surface area contributed by atoms with Crippen molar-refractivity contribution in [3.63, 3.8) is 0 Å². The Morgan fingerprint density at radius 3 is 2.63 bits per heavy atom. The number of thiophene rings is 2. The molecule has 0 fully saturated rings. The Kier molecular flexibility index (Phi) is 4.06. The second kappa shape index (κ2) is 5.78. The SMILES string of the molecule is CC(NC(C)c1cc2c(s1)CCCC2)c1cccs1. The smallest absolute Gasteiger partial charge is 0.0391 e. The van der Waals surface area contributed by atoms with E-state index in [1.807, 2.05) is 22.7 Å². The summed E-state index contributed by atoms with van der Waals surface area (Å²) in [5.41, 5.74) is 1.61. The molecule has 0 saturated carbocycles. The van der Waals surface area contributed by atoms with E-state index in [0.29, 0.717) is 12.1 Å². The van der Waals surface area contributed by atoms with Gasteiger partial charge >= 0.3 is 0 Å². The van der Waals surface area contributed by atoms with Crippen LogP contribution in [0.3, 0.4) is 0 Å². The molecule has 2 atom stereocenters. The zero-order valence-electron chi connectivity index (χ0n) is 11.6. The van der Waals surface area contributed by atoms with E-state index in [1.165, 1.54) is 35.4 Å². The standard InChI is InChI=1S/C16H21NS2/c1-11(14-8-5-9-18-14)17-12(2)16-10-13-6-3-4-7-15(13)19-16/h5,8-12,17H,3-4,6-7H2,1-2H3. The predicted molar refractivity (Wildman–Crippen MR) is 85.2 cm³/mol. The summed E-state index contributed by atoms with van der Waals surface area (Å²) in [5, 5.41) is 5.88. The summed E-state index contributed by atoms with van der Waals surface area (Å²) in [6.45, 7) is 4.55. The summed E-state index contributed by atoms with van der Waals surface area (Å²) < 4.78 is 0. The third-order valence-electron chi connectivity index (χ3n) is 3.91. The molecule has 0 amide bonds. The van der Waals surface area contributed by atoms with Gasteiger partial charge in [-0.25, -0.2) is 0 Å². The Morgan fingerprint density at radius 2 is 1.89 bits per heavy atom. The van der Waals surface area contributed by atoms with Crippen LogP contribution in [0, 0.1) is 0 Å². The van der Waals surface area contributed by atoms with Crippen molar-refractivity contribution in [2.45, 2.75) is 51.6 Å². The lowest BCUT2D eigenvalue weighted by molar-refractivity contribution is 0.505. The maximum Gasteiger partial charge on any atom is 0.0391 e. The fourth-order valence-electron chi connectivity index (χ4n) is 2.80. The van der Waals surface area contributed by atoms with E-state index in [9.17, 15) is 0 Å². The minimum Gasteiger partial charge on any atom is -0.302 e. The monoisotopic (exact) mass is 291 g/mol. The molecule has 2 aromatic rings. The number of nitrogens with one attached hydrogen (secondary N) is 1. The Bertz CT molecular complexity index is 503. The highest BCUT2D eigenvalue weighted by atomic mass is 32.1. The molecule has 2 aromatic heterocycles. The molecule has 1 nitrogen and oxygen atoms in total. The fraction of sp³-hybridized carbons (Fsp3) is 0.500. The number of fused-ring (bicyclic) bond motifs is 1. The van der Waals surface area contributed by atoms with Gasteiger partial charge in [-0.3, -0.25) is 0 Å². The van der Waals surface area contributed by atoms with Crippen LogP contribution in [0.25, 0.3) is 0 Å². The average Bonchev–Trinajstić information content (AvgIpc) is 3.07. The van der Waals surface area contributed by atoms with E-state index < -0.39 is 0 Å². The first-order chi connectivity index (χ1) is 9.24. The topological polar surface area (TPSA) is 12.0 Å². The van der Waals surface area contributed by atoms with Crippen molar-refractivity contribution in [2.75, 3.05) is 0 Å². The van der Waals surface area contributed by atoms with E-state index >= 15 is 0 Å². The number of hydrogen-bond donors (Lipinski definition) is 1. The highest BCUT2D eigenvalue weighted by molar-refractivity contribution is 7.12. The van der Waals surface area contributed by atoms with Crippen molar-refractivity contribution >= 4 is 22.7 Å². The van der Waals surface area contributed by atoms with Crippen LogP contribution < -0.4 is 5.32 Å². The first kappa shape index (κ1) is 13.3. The fourth-order valence-corrected chi connectivity index (χ4v) is 4.82. The van der Waals surface area contributed by atoms with Crippen LogP contribution in [-0.2, 0) is 12.8 Å². The molecule has 1 aliphatic carbocycles. The van der Waals surface area contributed by atoms with Crippen LogP contribution in [0.5, 0.6) is 0 Å². The van der Waals surface area contributed by atoms with Crippen LogP contribution in [0.1, 0.15) is 59.0 Å². The molecule has 102 valence electrons. The second-order valence-corrected chi connectivity index (χ2v) is 7.58. The van der Waals surface area contributed by atoms with Gasteiger partial charge in [0.1, 0.15) is 0 Å². The Labute approximate surface area is 123 Å². The normalized spacial score (nSPS) is 18.0. The Balaban J connectivity index is 1.70. The third-order valence-corrected chi connectivity index (χ3v) is 6.39. The van der Waals surface area contributed by atoms with Gasteiger partial charge in [0.2, 0.25) is 0 Å². The minimum absolute atomic E-state index is 0.439. The molecular formula is C16H21NS2. The summed E-state index contributed by atoms with van der Waals surface area (Å²) in [4.78, 5) is 4.57. The van der Waals surface area contributed by atoms with E-state index in [1.54, 1.807) is 10.4 Å². The Morgan fingerprint density at radius 1 is 1.11 bits per heavy atom. The number of hydrogen-bond acceptors (Lipinski definition) is 3. The van der Waals surface area contributed by atoms with Crippen LogP contribution in [0.15, 0.2) is 23.6 Å². The lowest BCUT2D eigenvalue weighted by atomic mass is 9.99. The molecule has 0 aromatic carbocycles. The van der Waals surface area contributed by atoms with Crippen LogP contribution in [-0.4, -0.2) is 0 Å². The van der Waals surface area contributed by atoms with Crippen LogP contribution in [0.4, 0.5) is 0 Å². The van der Waals surface area contributed by atoms with Crippen LogP contribution in [0.2, 0.25) is 0 Å². The molecule has 1 N–H and O–H groups in total. The zero-order chi connectivity index (χ0) is 13.2. The molecule has 0 aliphatic heterocycles. The molecule has 1 aliphatic rings. The maximum absolute atomic E-state index is 3.73. The molecule has 3 rings (SSSR count). The van der Waals surface area contributed by atoms with E-state index in [4.69, 9.17) is 0 Å². The highest BCUT2D eigenvalue weighted by Gasteiger charge is 2.18. The van der Waals surface area contributed by atoms with E-state index in [-0.39, 0.29) is 0 Å². The molecule has 19 heavy (non-hydrogen) atoms. The van der Waals surface area contributed by atoms with Gasteiger partial charge in [0.25, 0.3) is 0 Å². The van der Waals surface area contributed by atoms with E-state index in [2.05, 4.69) is 42.7 Å². The minimum atomic E-state index is 0.439. The molecule has 0 bridgehead atoms. The van der Waals surface area contributed by atoms with Crippen molar-refractivity contribution in [3.05, 3.63) is 43.8 Å². The van der Waals surface area contributed by atoms with Crippen molar-refractivity contribution in [1.29, 1.82) is 0 Å². The van der Waals surface area contributed by atoms with Gasteiger partial charge in [0, 0.05) is 26.7 Å². The third kappa shape index (κ3) is 2.93. The first-order valence-corrected chi connectivity index (χ1v) is 8.84. The molecule has 2 unspecified atom stereocenters. The summed E-state index contributed by atoms with van der Waals surface area (Å²) in [5.74, 6) is 0. The van der Waals surface area contributed by atoms with Crippen molar-refractivity contribution < 1.29 is 0 Å². The van der Waals surface area contributed by atoms with Gasteiger partial charge < -0.3 is 5.32 Å². The number of rotatable bonds is 4. The van der Waals surface area contributed by atoms with Crippen molar-refractivity contribution in [1.82, 2.24) is 5.32 Å².